The second kappa shape index (κ2) is 7.10. The van der Waals surface area contributed by atoms with Gasteiger partial charge in [0.1, 0.15) is 0 Å². The average molecular weight is 284 g/mol. The maximum atomic E-state index is 8.97. The van der Waals surface area contributed by atoms with E-state index in [2.05, 4.69) is 21.2 Å². The van der Waals surface area contributed by atoms with E-state index in [9.17, 15) is 0 Å². The van der Waals surface area contributed by atoms with Crippen LogP contribution >= 0.6 is 11.6 Å². The Balaban J connectivity index is 2.08. The van der Waals surface area contributed by atoms with Crippen LogP contribution in [-0.2, 0) is 6.54 Å². The minimum absolute atomic E-state index is 0.238. The number of halogens is 1. The first kappa shape index (κ1) is 14.6. The molecular weight excluding hydrogens is 262 g/mol. The van der Waals surface area contributed by atoms with Crippen LogP contribution in [0.25, 0.3) is 0 Å². The van der Waals surface area contributed by atoms with Crippen molar-refractivity contribution in [2.45, 2.75) is 6.54 Å². The molecule has 0 unspecified atom stereocenters. The fraction of sp³-hybridized carbons (Fsp3) is 0.571. The zero-order valence-electron chi connectivity index (χ0n) is 11.4. The maximum absolute atomic E-state index is 8.97. The number of nitrogens with zero attached hydrogens (tertiary/aromatic N) is 2. The summed E-state index contributed by atoms with van der Waals surface area (Å²) in [5.41, 5.74) is 2.40. The van der Waals surface area contributed by atoms with Crippen LogP contribution in [0.5, 0.6) is 0 Å². The van der Waals surface area contributed by atoms with Gasteiger partial charge in [0.25, 0.3) is 0 Å². The highest BCUT2D eigenvalue weighted by molar-refractivity contribution is 6.31. The maximum Gasteiger partial charge on any atom is 0.0558 e. The fourth-order valence-electron chi connectivity index (χ4n) is 2.55. The van der Waals surface area contributed by atoms with Gasteiger partial charge in [0.2, 0.25) is 0 Å². The van der Waals surface area contributed by atoms with Crippen molar-refractivity contribution in [1.82, 2.24) is 10.2 Å². The molecule has 0 radical (unpaired) electrons. The molecule has 1 heterocycles. The van der Waals surface area contributed by atoms with Gasteiger partial charge in [-0.15, -0.1) is 0 Å². The van der Waals surface area contributed by atoms with Crippen LogP contribution in [0.15, 0.2) is 18.2 Å². The summed E-state index contributed by atoms with van der Waals surface area (Å²) in [6, 6.07) is 6.09. The lowest BCUT2D eigenvalue weighted by atomic mass is 10.1. The van der Waals surface area contributed by atoms with Crippen molar-refractivity contribution < 1.29 is 5.11 Å². The standard InChI is InChI=1S/C14H22ClN3O/c1-16-11-12-13(15)3-2-4-14(12)18-7-5-17(6-8-18)9-10-19/h2-4,16,19H,5-11H2,1H3. The van der Waals surface area contributed by atoms with Crippen molar-refractivity contribution in [3.8, 4) is 0 Å². The van der Waals surface area contributed by atoms with Gasteiger partial charge in [-0.3, -0.25) is 4.90 Å². The van der Waals surface area contributed by atoms with Crippen molar-refractivity contribution in [3.63, 3.8) is 0 Å². The van der Waals surface area contributed by atoms with Crippen LogP contribution < -0.4 is 10.2 Å². The molecule has 0 atom stereocenters. The predicted octanol–water partition coefficient (Wildman–Crippen LogP) is 1.17. The van der Waals surface area contributed by atoms with Gasteiger partial charge in [0.05, 0.1) is 6.61 Å². The molecule has 2 rings (SSSR count). The molecule has 0 spiro atoms. The smallest absolute Gasteiger partial charge is 0.0558 e. The van der Waals surface area contributed by atoms with Crippen molar-refractivity contribution in [1.29, 1.82) is 0 Å². The molecule has 1 aromatic rings. The number of aliphatic hydroxyl groups is 1. The average Bonchev–Trinajstić information content (AvgIpc) is 2.43. The normalized spacial score (nSPS) is 16.9. The van der Waals surface area contributed by atoms with E-state index in [1.165, 1.54) is 11.3 Å². The predicted molar refractivity (Wildman–Crippen MR) is 80.0 cm³/mol. The summed E-state index contributed by atoms with van der Waals surface area (Å²) in [7, 11) is 1.94. The second-order valence-electron chi connectivity index (χ2n) is 4.82. The summed E-state index contributed by atoms with van der Waals surface area (Å²) in [6.45, 7) is 5.74. The third-order valence-electron chi connectivity index (χ3n) is 3.58. The molecule has 19 heavy (non-hydrogen) atoms. The SMILES string of the molecule is CNCc1c(Cl)cccc1N1CCN(CCO)CC1. The minimum Gasteiger partial charge on any atom is -0.395 e. The highest BCUT2D eigenvalue weighted by Crippen LogP contribution is 2.28. The Kier molecular flexibility index (Phi) is 5.45. The molecule has 1 aromatic carbocycles. The monoisotopic (exact) mass is 283 g/mol. The molecule has 0 amide bonds. The summed E-state index contributed by atoms with van der Waals surface area (Å²) >= 11 is 6.30. The minimum atomic E-state index is 0.238. The van der Waals surface area contributed by atoms with Crippen LogP contribution in [-0.4, -0.2) is 56.4 Å². The van der Waals surface area contributed by atoms with E-state index in [1.54, 1.807) is 0 Å². The largest absolute Gasteiger partial charge is 0.395 e. The quantitative estimate of drug-likeness (QED) is 0.851. The molecule has 1 aliphatic heterocycles. The Morgan fingerprint density at radius 1 is 1.26 bits per heavy atom. The lowest BCUT2D eigenvalue weighted by Gasteiger charge is -2.37. The number of anilines is 1. The first-order chi connectivity index (χ1) is 9.26. The van der Waals surface area contributed by atoms with Gasteiger partial charge in [-0.25, -0.2) is 0 Å². The van der Waals surface area contributed by atoms with E-state index in [0.717, 1.165) is 44.3 Å². The molecule has 0 bridgehead atoms. The van der Waals surface area contributed by atoms with Crippen molar-refractivity contribution in [3.05, 3.63) is 28.8 Å². The highest BCUT2D eigenvalue weighted by atomic mass is 35.5. The van der Waals surface area contributed by atoms with Gasteiger partial charge < -0.3 is 15.3 Å². The second-order valence-corrected chi connectivity index (χ2v) is 5.23. The van der Waals surface area contributed by atoms with E-state index in [-0.39, 0.29) is 6.61 Å². The first-order valence-electron chi connectivity index (χ1n) is 6.76. The third kappa shape index (κ3) is 3.60. The highest BCUT2D eigenvalue weighted by Gasteiger charge is 2.19. The molecular formula is C14H22ClN3O. The van der Waals surface area contributed by atoms with Gasteiger partial charge in [0.15, 0.2) is 0 Å². The van der Waals surface area contributed by atoms with E-state index in [4.69, 9.17) is 16.7 Å². The van der Waals surface area contributed by atoms with E-state index < -0.39 is 0 Å². The van der Waals surface area contributed by atoms with Gasteiger partial charge in [-0.1, -0.05) is 17.7 Å². The summed E-state index contributed by atoms with van der Waals surface area (Å²) in [5.74, 6) is 0. The van der Waals surface area contributed by atoms with Crippen molar-refractivity contribution >= 4 is 17.3 Å². The Hall–Kier alpha value is -0.810. The molecule has 0 saturated carbocycles. The lowest BCUT2D eigenvalue weighted by molar-refractivity contribution is 0.188. The van der Waals surface area contributed by atoms with Crippen LogP contribution in [0, 0.1) is 0 Å². The Morgan fingerprint density at radius 2 is 2.00 bits per heavy atom. The number of aliphatic hydroxyl groups excluding tert-OH is 1. The van der Waals surface area contributed by atoms with Gasteiger partial charge in [-0.05, 0) is 19.2 Å². The summed E-state index contributed by atoms with van der Waals surface area (Å²) < 4.78 is 0. The third-order valence-corrected chi connectivity index (χ3v) is 3.93. The van der Waals surface area contributed by atoms with Crippen LogP contribution in [0.3, 0.4) is 0 Å². The van der Waals surface area contributed by atoms with E-state index in [0.29, 0.717) is 0 Å². The summed E-state index contributed by atoms with van der Waals surface area (Å²) in [4.78, 5) is 4.67. The first-order valence-corrected chi connectivity index (χ1v) is 7.14. The number of hydrogen-bond acceptors (Lipinski definition) is 4. The van der Waals surface area contributed by atoms with Gasteiger partial charge >= 0.3 is 0 Å². The van der Waals surface area contributed by atoms with Crippen molar-refractivity contribution in [2.75, 3.05) is 51.3 Å². The Morgan fingerprint density at radius 3 is 2.63 bits per heavy atom. The van der Waals surface area contributed by atoms with Crippen molar-refractivity contribution in [2.24, 2.45) is 0 Å². The van der Waals surface area contributed by atoms with E-state index >= 15 is 0 Å². The molecule has 1 saturated heterocycles. The molecule has 2 N–H and O–H groups in total. The molecule has 5 heteroatoms. The zero-order valence-corrected chi connectivity index (χ0v) is 12.2. The fourth-order valence-corrected chi connectivity index (χ4v) is 2.79. The zero-order chi connectivity index (χ0) is 13.7. The summed E-state index contributed by atoms with van der Waals surface area (Å²) in [6.07, 6.45) is 0. The topological polar surface area (TPSA) is 38.7 Å². The molecule has 0 aromatic heterocycles. The molecule has 1 fully saturated rings. The molecule has 106 valence electrons. The Labute approximate surface area is 120 Å². The lowest BCUT2D eigenvalue weighted by Crippen LogP contribution is -2.47. The van der Waals surface area contributed by atoms with Gasteiger partial charge in [0, 0.05) is 55.5 Å². The molecule has 1 aliphatic rings. The van der Waals surface area contributed by atoms with Crippen LogP contribution in [0.4, 0.5) is 5.69 Å². The van der Waals surface area contributed by atoms with Gasteiger partial charge in [-0.2, -0.15) is 0 Å². The van der Waals surface area contributed by atoms with E-state index in [1.807, 2.05) is 19.2 Å². The molecule has 4 nitrogen and oxygen atoms in total. The number of nitrogens with one attached hydrogen (secondary N) is 1. The number of β-amino-alcohol motifs (C(OH)–C–C–N with tert-alkyl or cyclic N) is 1. The summed E-state index contributed by atoms with van der Waals surface area (Å²) in [5, 5.41) is 13.0. The number of rotatable bonds is 5. The number of piperazine rings is 1. The molecule has 0 aliphatic carbocycles. The number of benzene rings is 1. The van der Waals surface area contributed by atoms with Crippen LogP contribution in [0.1, 0.15) is 5.56 Å². The Bertz CT molecular complexity index is 406. The number of hydrogen-bond donors (Lipinski definition) is 2. The van der Waals surface area contributed by atoms with Crippen LogP contribution in [0.2, 0.25) is 5.02 Å².